The fourth-order valence-electron chi connectivity index (χ4n) is 2.07. The minimum absolute atomic E-state index is 0.0279. The monoisotopic (exact) mass is 306 g/mol. The summed E-state index contributed by atoms with van der Waals surface area (Å²) in [5.41, 5.74) is 6.99. The first-order valence-electron chi connectivity index (χ1n) is 6.17. The standard InChI is InChI=1S/C12H14N6O2S/c1-17-8-9(6-14-17)7-15-21(19,20)12-11(13)16-10-4-2-3-5-18(10)12/h2-6,8,15H,7,13H2,1H3. The van der Waals surface area contributed by atoms with Crippen molar-refractivity contribution in [1.29, 1.82) is 0 Å². The molecule has 3 rings (SSSR count). The number of hydrogen-bond acceptors (Lipinski definition) is 5. The summed E-state index contributed by atoms with van der Waals surface area (Å²) in [4.78, 5) is 4.04. The molecule has 3 aromatic rings. The zero-order chi connectivity index (χ0) is 15.0. The molecule has 0 atom stereocenters. The Bertz CT molecular complexity index is 896. The Morgan fingerprint density at radius 2 is 2.19 bits per heavy atom. The van der Waals surface area contributed by atoms with Gasteiger partial charge in [0, 0.05) is 31.5 Å². The number of nitrogens with zero attached hydrogens (tertiary/aromatic N) is 4. The molecule has 0 aliphatic heterocycles. The maximum Gasteiger partial charge on any atom is 0.260 e. The molecule has 0 radical (unpaired) electrons. The SMILES string of the molecule is Cn1cc(CNS(=O)(=O)c2c(N)nc3ccccn23)cn1. The van der Waals surface area contributed by atoms with Gasteiger partial charge in [-0.2, -0.15) is 5.10 Å². The number of aromatic nitrogens is 4. The van der Waals surface area contributed by atoms with Crippen molar-refractivity contribution in [2.75, 3.05) is 5.73 Å². The molecule has 3 heterocycles. The van der Waals surface area contributed by atoms with E-state index in [1.165, 1.54) is 4.40 Å². The molecule has 0 saturated carbocycles. The molecule has 0 fully saturated rings. The highest BCUT2D eigenvalue weighted by Gasteiger charge is 2.23. The van der Waals surface area contributed by atoms with Crippen LogP contribution in [0.3, 0.4) is 0 Å². The molecule has 0 aliphatic rings. The average Bonchev–Trinajstić information content (AvgIpc) is 2.99. The minimum atomic E-state index is -3.77. The van der Waals surface area contributed by atoms with E-state index in [4.69, 9.17) is 5.73 Å². The number of imidazole rings is 1. The lowest BCUT2D eigenvalue weighted by Crippen LogP contribution is -2.25. The lowest BCUT2D eigenvalue weighted by molar-refractivity contribution is 0.577. The summed E-state index contributed by atoms with van der Waals surface area (Å²) in [6.07, 6.45) is 4.94. The maximum absolute atomic E-state index is 12.4. The number of rotatable bonds is 4. The summed E-state index contributed by atoms with van der Waals surface area (Å²) in [5, 5.41) is 3.93. The second-order valence-electron chi connectivity index (χ2n) is 4.58. The number of aryl methyl sites for hydroxylation is 1. The van der Waals surface area contributed by atoms with Crippen molar-refractivity contribution < 1.29 is 8.42 Å². The lowest BCUT2D eigenvalue weighted by atomic mass is 10.4. The molecule has 0 bridgehead atoms. The Kier molecular flexibility index (Phi) is 3.15. The number of nitrogens with one attached hydrogen (secondary N) is 1. The molecule has 0 amide bonds. The van der Waals surface area contributed by atoms with Gasteiger partial charge in [0.25, 0.3) is 10.0 Å². The van der Waals surface area contributed by atoms with Crippen LogP contribution in [0.2, 0.25) is 0 Å². The average molecular weight is 306 g/mol. The number of anilines is 1. The summed E-state index contributed by atoms with van der Waals surface area (Å²) in [7, 11) is -2.01. The van der Waals surface area contributed by atoms with Crippen molar-refractivity contribution in [2.24, 2.45) is 7.05 Å². The first kappa shape index (κ1) is 13.6. The number of fused-ring (bicyclic) bond motifs is 1. The number of hydrogen-bond donors (Lipinski definition) is 2. The van der Waals surface area contributed by atoms with Gasteiger partial charge in [0.05, 0.1) is 6.20 Å². The van der Waals surface area contributed by atoms with Gasteiger partial charge < -0.3 is 5.73 Å². The summed E-state index contributed by atoms with van der Waals surface area (Å²) in [6, 6.07) is 5.17. The molecule has 9 heteroatoms. The molecule has 0 unspecified atom stereocenters. The van der Waals surface area contributed by atoms with Crippen LogP contribution in [0.4, 0.5) is 5.82 Å². The third kappa shape index (κ3) is 2.48. The third-order valence-corrected chi connectivity index (χ3v) is 4.43. The Morgan fingerprint density at radius 3 is 2.90 bits per heavy atom. The molecule has 3 N–H and O–H groups in total. The van der Waals surface area contributed by atoms with E-state index in [1.54, 1.807) is 48.5 Å². The van der Waals surface area contributed by atoms with E-state index in [0.29, 0.717) is 5.65 Å². The molecule has 8 nitrogen and oxygen atoms in total. The summed E-state index contributed by atoms with van der Waals surface area (Å²) in [6.45, 7) is 0.135. The highest BCUT2D eigenvalue weighted by atomic mass is 32.2. The number of nitrogen functional groups attached to an aromatic ring is 1. The smallest absolute Gasteiger partial charge is 0.260 e. The van der Waals surface area contributed by atoms with Crippen LogP contribution in [0.25, 0.3) is 5.65 Å². The fraction of sp³-hybridized carbons (Fsp3) is 0.167. The van der Waals surface area contributed by atoms with Gasteiger partial charge >= 0.3 is 0 Å². The lowest BCUT2D eigenvalue weighted by Gasteiger charge is -2.06. The molecular weight excluding hydrogens is 292 g/mol. The molecule has 3 aromatic heterocycles. The van der Waals surface area contributed by atoms with Gasteiger partial charge in [-0.15, -0.1) is 0 Å². The van der Waals surface area contributed by atoms with Gasteiger partial charge in [-0.25, -0.2) is 18.1 Å². The first-order valence-corrected chi connectivity index (χ1v) is 7.65. The van der Waals surface area contributed by atoms with Crippen LogP contribution in [-0.4, -0.2) is 27.6 Å². The van der Waals surface area contributed by atoms with E-state index in [-0.39, 0.29) is 17.4 Å². The molecule has 0 spiro atoms. The highest BCUT2D eigenvalue weighted by molar-refractivity contribution is 7.89. The first-order chi connectivity index (χ1) is 9.97. The predicted molar refractivity (Wildman–Crippen MR) is 76.8 cm³/mol. The fourth-order valence-corrected chi connectivity index (χ4v) is 3.30. The number of nitrogens with two attached hydrogens (primary N) is 1. The van der Waals surface area contributed by atoms with Crippen LogP contribution in [0.5, 0.6) is 0 Å². The summed E-state index contributed by atoms with van der Waals surface area (Å²) < 4.78 is 30.4. The van der Waals surface area contributed by atoms with Gasteiger partial charge in [-0.1, -0.05) is 6.07 Å². The van der Waals surface area contributed by atoms with Gasteiger partial charge in [0.1, 0.15) is 5.65 Å². The number of pyridine rings is 1. The molecule has 21 heavy (non-hydrogen) atoms. The second kappa shape index (κ2) is 4.86. The summed E-state index contributed by atoms with van der Waals surface area (Å²) >= 11 is 0. The quantitative estimate of drug-likeness (QED) is 0.712. The van der Waals surface area contributed by atoms with Gasteiger partial charge in [0.15, 0.2) is 10.8 Å². The van der Waals surface area contributed by atoms with E-state index in [1.807, 2.05) is 0 Å². The Labute approximate surface area is 121 Å². The van der Waals surface area contributed by atoms with Crippen LogP contribution in [-0.2, 0) is 23.6 Å². The van der Waals surface area contributed by atoms with Crippen molar-refractivity contribution in [1.82, 2.24) is 23.9 Å². The molecule has 0 aliphatic carbocycles. The molecule has 0 aromatic carbocycles. The second-order valence-corrected chi connectivity index (χ2v) is 6.26. The van der Waals surface area contributed by atoms with Crippen LogP contribution >= 0.6 is 0 Å². The van der Waals surface area contributed by atoms with E-state index in [2.05, 4.69) is 14.8 Å². The highest BCUT2D eigenvalue weighted by Crippen LogP contribution is 2.19. The predicted octanol–water partition coefficient (Wildman–Crippen LogP) is 0.128. The maximum atomic E-state index is 12.4. The Morgan fingerprint density at radius 1 is 1.38 bits per heavy atom. The van der Waals surface area contributed by atoms with Gasteiger partial charge in [-0.05, 0) is 12.1 Å². The van der Waals surface area contributed by atoms with Crippen LogP contribution in [0.15, 0.2) is 41.8 Å². The zero-order valence-corrected chi connectivity index (χ0v) is 12.1. The normalized spacial score (nSPS) is 12.0. The Balaban J connectivity index is 1.95. The van der Waals surface area contributed by atoms with Crippen molar-refractivity contribution in [3.8, 4) is 0 Å². The van der Waals surface area contributed by atoms with Crippen molar-refractivity contribution in [3.05, 3.63) is 42.4 Å². The van der Waals surface area contributed by atoms with E-state index in [9.17, 15) is 8.42 Å². The van der Waals surface area contributed by atoms with Crippen molar-refractivity contribution >= 4 is 21.5 Å². The van der Waals surface area contributed by atoms with Crippen molar-refractivity contribution in [3.63, 3.8) is 0 Å². The number of sulfonamides is 1. The Hall–Kier alpha value is -2.39. The topological polar surface area (TPSA) is 107 Å². The van der Waals surface area contributed by atoms with Crippen LogP contribution in [0, 0.1) is 0 Å². The minimum Gasteiger partial charge on any atom is -0.381 e. The largest absolute Gasteiger partial charge is 0.381 e. The van der Waals surface area contributed by atoms with Crippen LogP contribution in [0.1, 0.15) is 5.56 Å². The third-order valence-electron chi connectivity index (χ3n) is 2.99. The van der Waals surface area contributed by atoms with Crippen molar-refractivity contribution in [2.45, 2.75) is 11.6 Å². The summed E-state index contributed by atoms with van der Waals surface area (Å²) in [5.74, 6) is -0.0279. The molecular formula is C12H14N6O2S. The van der Waals surface area contributed by atoms with Gasteiger partial charge in [0.2, 0.25) is 0 Å². The van der Waals surface area contributed by atoms with Gasteiger partial charge in [-0.3, -0.25) is 9.08 Å². The molecule has 0 saturated heterocycles. The van der Waals surface area contributed by atoms with E-state index >= 15 is 0 Å². The van der Waals surface area contributed by atoms with Crippen LogP contribution < -0.4 is 10.5 Å². The zero-order valence-electron chi connectivity index (χ0n) is 11.3. The van der Waals surface area contributed by atoms with E-state index < -0.39 is 10.0 Å². The molecule has 110 valence electrons. The van der Waals surface area contributed by atoms with E-state index in [0.717, 1.165) is 5.56 Å².